The zero-order valence-corrected chi connectivity index (χ0v) is 20.5. The lowest BCUT2D eigenvalue weighted by Crippen LogP contribution is -2.43. The van der Waals surface area contributed by atoms with Crippen molar-refractivity contribution in [3.63, 3.8) is 0 Å². The Labute approximate surface area is 204 Å². The number of carbonyl (C=O) groups is 2. The highest BCUT2D eigenvalue weighted by Gasteiger charge is 2.26. The molecule has 9 nitrogen and oxygen atoms in total. The minimum Gasteiger partial charge on any atom is -0.447 e. The molecule has 0 spiro atoms. The summed E-state index contributed by atoms with van der Waals surface area (Å²) in [5.74, 6) is -1.11. The lowest BCUT2D eigenvalue weighted by atomic mass is 10.1. The van der Waals surface area contributed by atoms with Crippen molar-refractivity contribution in [1.29, 1.82) is 0 Å². The van der Waals surface area contributed by atoms with Gasteiger partial charge in [-0.2, -0.15) is 0 Å². The Bertz CT molecular complexity index is 919. The van der Waals surface area contributed by atoms with E-state index in [-0.39, 0.29) is 36.1 Å². The average Bonchev–Trinajstić information content (AvgIpc) is 2.83. The van der Waals surface area contributed by atoms with Crippen LogP contribution < -0.4 is 21.0 Å². The van der Waals surface area contributed by atoms with Crippen molar-refractivity contribution in [3.8, 4) is 0 Å². The molecule has 0 aromatic heterocycles. The zero-order chi connectivity index (χ0) is 25.4. The van der Waals surface area contributed by atoms with E-state index in [4.69, 9.17) is 9.57 Å². The molecule has 35 heavy (non-hydrogen) atoms. The predicted octanol–water partition coefficient (Wildman–Crippen LogP) is 3.41. The van der Waals surface area contributed by atoms with Crippen LogP contribution in [-0.2, 0) is 16.1 Å². The number of nitrogens with one attached hydrogen (secondary N) is 3. The van der Waals surface area contributed by atoms with Crippen LogP contribution in [0.1, 0.15) is 45.6 Å². The molecule has 194 valence electrons. The van der Waals surface area contributed by atoms with Gasteiger partial charge in [0.05, 0.1) is 17.9 Å². The van der Waals surface area contributed by atoms with Gasteiger partial charge in [-0.3, -0.25) is 10.3 Å². The fourth-order valence-corrected chi connectivity index (χ4v) is 3.93. The summed E-state index contributed by atoms with van der Waals surface area (Å²) in [6.07, 6.45) is 3.41. The number of likely N-dealkylation sites (tertiary alicyclic amines) is 1. The predicted molar refractivity (Wildman–Crippen MR) is 128 cm³/mol. The molecule has 3 amide bonds. The number of carbonyl (C=O) groups excluding carboxylic acids is 2. The number of hydrogen-bond donors (Lipinski definition) is 3. The number of piperidine rings is 1. The van der Waals surface area contributed by atoms with Crippen LogP contribution >= 0.6 is 0 Å². The average molecular weight is 496 g/mol. The van der Waals surface area contributed by atoms with Gasteiger partial charge in [0.1, 0.15) is 11.6 Å². The minimum atomic E-state index is -0.571. The molecule has 1 aromatic rings. The van der Waals surface area contributed by atoms with Crippen molar-refractivity contribution in [2.24, 2.45) is 0 Å². The number of urea groups is 1. The fourth-order valence-electron chi connectivity index (χ4n) is 3.93. The van der Waals surface area contributed by atoms with Crippen LogP contribution in [0.3, 0.4) is 0 Å². The number of ether oxygens (including phenoxy) is 1. The Hall–Kier alpha value is -3.08. The maximum absolute atomic E-state index is 14.7. The third-order valence-corrected chi connectivity index (χ3v) is 5.84. The SMILES string of the molecule is CCNC(=O)NCc1cc(F)c(N2CC=C(NOC3CCN(C(=O)OC(C)C)CC3)CC2)cc1F. The summed E-state index contributed by atoms with van der Waals surface area (Å²) in [4.78, 5) is 32.7. The van der Waals surface area contributed by atoms with Gasteiger partial charge in [-0.15, -0.1) is 0 Å². The molecular formula is C24H35F2N5O4. The molecule has 2 heterocycles. The number of amides is 3. The number of rotatable bonds is 8. The first-order valence-electron chi connectivity index (χ1n) is 12.1. The van der Waals surface area contributed by atoms with Crippen molar-refractivity contribution in [2.45, 2.75) is 58.8 Å². The maximum atomic E-state index is 14.7. The van der Waals surface area contributed by atoms with Crippen LogP contribution in [0.5, 0.6) is 0 Å². The third kappa shape index (κ3) is 7.71. The van der Waals surface area contributed by atoms with Gasteiger partial charge >= 0.3 is 12.1 Å². The highest BCUT2D eigenvalue weighted by Crippen LogP contribution is 2.26. The topological polar surface area (TPSA) is 95.2 Å². The van der Waals surface area contributed by atoms with E-state index < -0.39 is 17.7 Å². The fraction of sp³-hybridized carbons (Fsp3) is 0.583. The standard InChI is InChI=1S/C24H35F2N5O4/c1-4-27-23(32)28-15-17-13-21(26)22(14-20(17)25)30-9-5-18(6-10-30)29-35-19-7-11-31(12-8-19)24(33)34-16(2)3/h5,13-14,16,19,29H,4,6-12,15H2,1-3H3,(H2,27,28,32). The molecule has 3 N–H and O–H groups in total. The lowest BCUT2D eigenvalue weighted by molar-refractivity contribution is -0.0415. The maximum Gasteiger partial charge on any atom is 0.410 e. The highest BCUT2D eigenvalue weighted by molar-refractivity contribution is 5.73. The Morgan fingerprint density at radius 2 is 1.86 bits per heavy atom. The van der Waals surface area contributed by atoms with E-state index in [0.717, 1.165) is 11.8 Å². The van der Waals surface area contributed by atoms with Crippen molar-refractivity contribution >= 4 is 17.8 Å². The Kier molecular flexibility index (Phi) is 9.53. The zero-order valence-electron chi connectivity index (χ0n) is 20.5. The number of halogens is 2. The molecule has 2 aliphatic rings. The van der Waals surface area contributed by atoms with Gasteiger partial charge in [0.2, 0.25) is 0 Å². The summed E-state index contributed by atoms with van der Waals surface area (Å²) < 4.78 is 34.4. The Morgan fingerprint density at radius 3 is 2.49 bits per heavy atom. The molecule has 0 bridgehead atoms. The van der Waals surface area contributed by atoms with E-state index in [2.05, 4.69) is 16.1 Å². The quantitative estimate of drug-likeness (QED) is 0.479. The van der Waals surface area contributed by atoms with Crippen LogP contribution in [0.25, 0.3) is 0 Å². The van der Waals surface area contributed by atoms with Crippen molar-refractivity contribution in [2.75, 3.05) is 37.6 Å². The van der Waals surface area contributed by atoms with E-state index in [0.29, 0.717) is 52.0 Å². The van der Waals surface area contributed by atoms with E-state index in [1.165, 1.54) is 6.07 Å². The molecule has 0 radical (unpaired) electrons. The van der Waals surface area contributed by atoms with Gasteiger partial charge in [0.25, 0.3) is 0 Å². The first-order chi connectivity index (χ1) is 16.8. The lowest BCUT2D eigenvalue weighted by Gasteiger charge is -2.33. The molecule has 0 unspecified atom stereocenters. The van der Waals surface area contributed by atoms with Gasteiger partial charge in [-0.1, -0.05) is 0 Å². The van der Waals surface area contributed by atoms with Gasteiger partial charge in [-0.05, 0) is 45.8 Å². The largest absolute Gasteiger partial charge is 0.447 e. The van der Waals surface area contributed by atoms with Crippen molar-refractivity contribution < 1.29 is 27.9 Å². The van der Waals surface area contributed by atoms with Crippen LogP contribution in [0.4, 0.5) is 24.1 Å². The summed E-state index contributed by atoms with van der Waals surface area (Å²) in [6.45, 7) is 7.81. The van der Waals surface area contributed by atoms with Crippen molar-refractivity contribution in [1.82, 2.24) is 21.0 Å². The molecule has 3 rings (SSSR count). The second-order valence-electron chi connectivity index (χ2n) is 8.87. The van der Waals surface area contributed by atoms with Gasteiger partial charge in [0, 0.05) is 63.0 Å². The van der Waals surface area contributed by atoms with E-state index in [1.807, 2.05) is 19.9 Å². The Morgan fingerprint density at radius 1 is 1.11 bits per heavy atom. The normalized spacial score (nSPS) is 16.7. The molecular weight excluding hydrogens is 460 g/mol. The minimum absolute atomic E-state index is 0.0240. The van der Waals surface area contributed by atoms with Crippen LogP contribution in [-0.4, -0.2) is 62.0 Å². The van der Waals surface area contributed by atoms with Crippen LogP contribution in [0, 0.1) is 11.6 Å². The molecule has 0 saturated carbocycles. The molecule has 11 heteroatoms. The molecule has 0 atom stereocenters. The first-order valence-corrected chi connectivity index (χ1v) is 12.1. The molecule has 0 aliphatic carbocycles. The smallest absolute Gasteiger partial charge is 0.410 e. The Balaban J connectivity index is 1.46. The van der Waals surface area contributed by atoms with E-state index >= 15 is 0 Å². The first kappa shape index (κ1) is 26.5. The van der Waals surface area contributed by atoms with Gasteiger partial charge in [0.15, 0.2) is 0 Å². The molecule has 1 saturated heterocycles. The third-order valence-electron chi connectivity index (χ3n) is 5.84. The van der Waals surface area contributed by atoms with Crippen LogP contribution in [0.15, 0.2) is 23.9 Å². The van der Waals surface area contributed by atoms with E-state index in [1.54, 1.807) is 16.7 Å². The number of benzene rings is 1. The van der Waals surface area contributed by atoms with Gasteiger partial charge in [-0.25, -0.2) is 18.4 Å². The molecule has 1 aromatic carbocycles. The number of anilines is 1. The second-order valence-corrected chi connectivity index (χ2v) is 8.87. The van der Waals surface area contributed by atoms with Crippen LogP contribution in [0.2, 0.25) is 0 Å². The van der Waals surface area contributed by atoms with Gasteiger partial charge < -0.3 is 25.2 Å². The number of nitrogens with zero attached hydrogens (tertiary/aromatic N) is 2. The molecule has 1 fully saturated rings. The summed E-state index contributed by atoms with van der Waals surface area (Å²) in [5, 5.41) is 5.04. The monoisotopic (exact) mass is 495 g/mol. The molecule has 2 aliphatic heterocycles. The summed E-state index contributed by atoms with van der Waals surface area (Å²) in [6, 6.07) is 1.87. The van der Waals surface area contributed by atoms with Crippen molar-refractivity contribution in [3.05, 3.63) is 41.1 Å². The second kappa shape index (κ2) is 12.6. The summed E-state index contributed by atoms with van der Waals surface area (Å²) in [5.41, 5.74) is 4.15. The highest BCUT2D eigenvalue weighted by atomic mass is 19.1. The van der Waals surface area contributed by atoms with E-state index in [9.17, 15) is 18.4 Å². The summed E-state index contributed by atoms with van der Waals surface area (Å²) in [7, 11) is 0. The number of hydroxylamine groups is 1. The summed E-state index contributed by atoms with van der Waals surface area (Å²) >= 11 is 0. The number of hydrogen-bond acceptors (Lipinski definition) is 6.